The van der Waals surface area contributed by atoms with Gasteiger partial charge < -0.3 is 9.88 Å². The third kappa shape index (κ3) is 4.08. The van der Waals surface area contributed by atoms with E-state index in [1.165, 1.54) is 30.0 Å². The molecular formula is C19H17ClFN3OS. The van der Waals surface area contributed by atoms with Crippen LogP contribution in [-0.2, 0) is 11.8 Å². The van der Waals surface area contributed by atoms with E-state index in [0.717, 1.165) is 16.4 Å². The van der Waals surface area contributed by atoms with Gasteiger partial charge in [-0.1, -0.05) is 53.7 Å². The molecule has 1 N–H and O–H groups in total. The zero-order valence-electron chi connectivity index (χ0n) is 14.2. The molecular weight excluding hydrogens is 373 g/mol. The number of aromatic nitrogens is 2. The summed E-state index contributed by atoms with van der Waals surface area (Å²) in [6, 6.07) is 13.8. The third-order valence-electron chi connectivity index (χ3n) is 3.86. The van der Waals surface area contributed by atoms with Crippen LogP contribution in [0.2, 0.25) is 5.02 Å². The van der Waals surface area contributed by atoms with Gasteiger partial charge in [-0.05, 0) is 30.7 Å². The molecule has 0 fully saturated rings. The first-order valence-electron chi connectivity index (χ1n) is 7.95. The predicted molar refractivity (Wildman–Crippen MR) is 104 cm³/mol. The Morgan fingerprint density at radius 3 is 2.69 bits per heavy atom. The van der Waals surface area contributed by atoms with Crippen LogP contribution in [0.15, 0.2) is 59.9 Å². The molecule has 0 bridgehead atoms. The number of nitrogens with one attached hydrogen (secondary N) is 1. The monoisotopic (exact) mass is 389 g/mol. The fraction of sp³-hybridized carbons (Fsp3) is 0.158. The number of halogens is 2. The molecule has 134 valence electrons. The van der Waals surface area contributed by atoms with Crippen molar-refractivity contribution in [1.29, 1.82) is 0 Å². The van der Waals surface area contributed by atoms with E-state index in [9.17, 15) is 9.18 Å². The number of imidazole rings is 1. The molecule has 7 heteroatoms. The number of anilines is 1. The largest absolute Gasteiger partial charge is 0.324 e. The Hall–Kier alpha value is -2.31. The number of carbonyl (C=O) groups is 1. The van der Waals surface area contributed by atoms with Crippen LogP contribution < -0.4 is 5.32 Å². The summed E-state index contributed by atoms with van der Waals surface area (Å²) >= 11 is 7.30. The van der Waals surface area contributed by atoms with E-state index in [2.05, 4.69) is 10.3 Å². The van der Waals surface area contributed by atoms with Crippen LogP contribution in [0, 0.1) is 5.82 Å². The summed E-state index contributed by atoms with van der Waals surface area (Å²) in [6.07, 6.45) is 1.79. The first-order valence-corrected chi connectivity index (χ1v) is 9.21. The second-order valence-corrected chi connectivity index (χ2v) is 7.44. The van der Waals surface area contributed by atoms with E-state index in [0.29, 0.717) is 5.69 Å². The maximum atomic E-state index is 13.1. The van der Waals surface area contributed by atoms with Gasteiger partial charge in [-0.25, -0.2) is 9.37 Å². The standard InChI is InChI=1S/C19H17ClFN3OS/c1-12(18(25)23-16-9-8-14(21)10-15(16)20)26-19-22-11-17(24(19)2)13-6-4-3-5-7-13/h3-12H,1-2H3,(H,23,25)/t12-/m0/s1. The lowest BCUT2D eigenvalue weighted by Crippen LogP contribution is -2.23. The second-order valence-electron chi connectivity index (χ2n) is 5.72. The van der Waals surface area contributed by atoms with Gasteiger partial charge >= 0.3 is 0 Å². The first-order chi connectivity index (χ1) is 12.5. The number of benzene rings is 2. The zero-order valence-corrected chi connectivity index (χ0v) is 15.8. The van der Waals surface area contributed by atoms with Crippen LogP contribution in [0.3, 0.4) is 0 Å². The SMILES string of the molecule is C[C@H](Sc1ncc(-c2ccccc2)n1C)C(=O)Nc1ccc(F)cc1Cl. The lowest BCUT2D eigenvalue weighted by Gasteiger charge is -2.13. The van der Waals surface area contributed by atoms with Crippen molar-refractivity contribution in [2.75, 3.05) is 5.32 Å². The van der Waals surface area contributed by atoms with E-state index in [-0.39, 0.29) is 10.9 Å². The molecule has 1 amide bonds. The number of thioether (sulfide) groups is 1. The van der Waals surface area contributed by atoms with Crippen molar-refractivity contribution >= 4 is 35.0 Å². The van der Waals surface area contributed by atoms with Crippen LogP contribution in [0.5, 0.6) is 0 Å². The summed E-state index contributed by atoms with van der Waals surface area (Å²) < 4.78 is 15.1. The van der Waals surface area contributed by atoms with Gasteiger partial charge in [-0.15, -0.1) is 0 Å². The van der Waals surface area contributed by atoms with Gasteiger partial charge in [0.05, 0.1) is 27.9 Å². The molecule has 1 aromatic heterocycles. The minimum absolute atomic E-state index is 0.166. The topological polar surface area (TPSA) is 46.9 Å². The molecule has 0 radical (unpaired) electrons. The highest BCUT2D eigenvalue weighted by atomic mass is 35.5. The molecule has 0 spiro atoms. The van der Waals surface area contributed by atoms with Crippen molar-refractivity contribution < 1.29 is 9.18 Å². The summed E-state index contributed by atoms with van der Waals surface area (Å²) in [7, 11) is 1.92. The van der Waals surface area contributed by atoms with E-state index in [4.69, 9.17) is 11.6 Å². The van der Waals surface area contributed by atoms with E-state index >= 15 is 0 Å². The maximum absolute atomic E-state index is 13.1. The highest BCUT2D eigenvalue weighted by Crippen LogP contribution is 2.29. The average molecular weight is 390 g/mol. The maximum Gasteiger partial charge on any atom is 0.237 e. The van der Waals surface area contributed by atoms with Crippen molar-refractivity contribution in [1.82, 2.24) is 9.55 Å². The Labute approximate surface area is 160 Å². The smallest absolute Gasteiger partial charge is 0.237 e. The number of hydrogen-bond donors (Lipinski definition) is 1. The van der Waals surface area contributed by atoms with Crippen LogP contribution in [0.25, 0.3) is 11.3 Å². The number of rotatable bonds is 5. The molecule has 0 aliphatic rings. The lowest BCUT2D eigenvalue weighted by molar-refractivity contribution is -0.115. The van der Waals surface area contributed by atoms with Crippen LogP contribution in [0.1, 0.15) is 6.92 Å². The summed E-state index contributed by atoms with van der Waals surface area (Å²) in [5.41, 5.74) is 2.42. The molecule has 1 heterocycles. The average Bonchev–Trinajstić information content (AvgIpc) is 2.98. The van der Waals surface area contributed by atoms with Crippen molar-refractivity contribution in [2.24, 2.45) is 7.05 Å². The Morgan fingerprint density at radius 2 is 2.00 bits per heavy atom. The fourth-order valence-electron chi connectivity index (χ4n) is 2.42. The molecule has 0 saturated heterocycles. The molecule has 0 saturated carbocycles. The number of amides is 1. The molecule has 0 aliphatic carbocycles. The van der Waals surface area contributed by atoms with Crippen LogP contribution >= 0.6 is 23.4 Å². The minimum Gasteiger partial charge on any atom is -0.324 e. The van der Waals surface area contributed by atoms with Crippen molar-refractivity contribution in [2.45, 2.75) is 17.3 Å². The lowest BCUT2D eigenvalue weighted by atomic mass is 10.2. The zero-order chi connectivity index (χ0) is 18.7. The molecule has 3 rings (SSSR count). The van der Waals surface area contributed by atoms with E-state index < -0.39 is 11.1 Å². The fourth-order valence-corrected chi connectivity index (χ4v) is 3.48. The Bertz CT molecular complexity index is 930. The number of nitrogens with zero attached hydrogens (tertiary/aromatic N) is 2. The van der Waals surface area contributed by atoms with Crippen LogP contribution in [-0.4, -0.2) is 20.7 Å². The first kappa shape index (κ1) is 18.5. The minimum atomic E-state index is -0.447. The molecule has 0 unspecified atom stereocenters. The highest BCUT2D eigenvalue weighted by molar-refractivity contribution is 8.00. The number of carbonyl (C=O) groups excluding carboxylic acids is 1. The van der Waals surface area contributed by atoms with E-state index in [1.54, 1.807) is 13.1 Å². The Kier molecular flexibility index (Phi) is 5.64. The van der Waals surface area contributed by atoms with Gasteiger partial charge in [0, 0.05) is 7.05 Å². The van der Waals surface area contributed by atoms with Crippen molar-refractivity contribution in [3.63, 3.8) is 0 Å². The highest BCUT2D eigenvalue weighted by Gasteiger charge is 2.19. The Balaban J connectivity index is 1.71. The predicted octanol–water partition coefficient (Wildman–Crippen LogP) is 5.00. The van der Waals surface area contributed by atoms with Gasteiger partial charge in [0.2, 0.25) is 5.91 Å². The Morgan fingerprint density at radius 1 is 1.27 bits per heavy atom. The quantitative estimate of drug-likeness (QED) is 0.625. The van der Waals surface area contributed by atoms with Gasteiger partial charge in [0.15, 0.2) is 5.16 Å². The number of hydrogen-bond acceptors (Lipinski definition) is 3. The van der Waals surface area contributed by atoms with Crippen molar-refractivity contribution in [3.05, 3.63) is 65.6 Å². The molecule has 1 atom stereocenters. The molecule has 4 nitrogen and oxygen atoms in total. The molecule has 2 aromatic carbocycles. The van der Waals surface area contributed by atoms with Gasteiger partial charge in [0.25, 0.3) is 0 Å². The van der Waals surface area contributed by atoms with Gasteiger partial charge in [-0.3, -0.25) is 4.79 Å². The normalized spacial score (nSPS) is 12.0. The second kappa shape index (κ2) is 7.93. The van der Waals surface area contributed by atoms with E-state index in [1.807, 2.05) is 41.9 Å². The molecule has 0 aliphatic heterocycles. The van der Waals surface area contributed by atoms with Crippen LogP contribution in [0.4, 0.5) is 10.1 Å². The third-order valence-corrected chi connectivity index (χ3v) is 5.33. The molecule has 26 heavy (non-hydrogen) atoms. The summed E-state index contributed by atoms with van der Waals surface area (Å²) in [6.45, 7) is 1.79. The summed E-state index contributed by atoms with van der Waals surface area (Å²) in [4.78, 5) is 16.8. The molecule has 3 aromatic rings. The van der Waals surface area contributed by atoms with Gasteiger partial charge in [0.1, 0.15) is 5.82 Å². The summed E-state index contributed by atoms with van der Waals surface area (Å²) in [5.74, 6) is -0.676. The van der Waals surface area contributed by atoms with Gasteiger partial charge in [-0.2, -0.15) is 0 Å². The van der Waals surface area contributed by atoms with Crippen molar-refractivity contribution in [3.8, 4) is 11.3 Å². The summed E-state index contributed by atoms with van der Waals surface area (Å²) in [5, 5.41) is 3.22.